The molecule has 0 radical (unpaired) electrons. The van der Waals surface area contributed by atoms with Crippen molar-refractivity contribution in [2.45, 2.75) is 52.2 Å². The molecule has 18 heavy (non-hydrogen) atoms. The normalized spacial score (nSPS) is 18.3. The van der Waals surface area contributed by atoms with Gasteiger partial charge in [-0.05, 0) is 51.4 Å². The molecule has 1 unspecified atom stereocenters. The second-order valence-electron chi connectivity index (χ2n) is 5.48. The molecule has 0 spiro atoms. The van der Waals surface area contributed by atoms with Crippen LogP contribution >= 0.6 is 0 Å². The van der Waals surface area contributed by atoms with E-state index in [-0.39, 0.29) is 0 Å². The van der Waals surface area contributed by atoms with Gasteiger partial charge in [-0.15, -0.1) is 0 Å². The first kappa shape index (κ1) is 13.6. The van der Waals surface area contributed by atoms with Crippen molar-refractivity contribution in [2.24, 2.45) is 0 Å². The van der Waals surface area contributed by atoms with Crippen molar-refractivity contribution < 1.29 is 0 Å². The lowest BCUT2D eigenvalue weighted by atomic mass is 10.3. The Hall–Kier alpha value is -0.800. The quantitative estimate of drug-likeness (QED) is 0.801. The summed E-state index contributed by atoms with van der Waals surface area (Å²) < 4.78 is 2.36. The van der Waals surface area contributed by atoms with Crippen molar-refractivity contribution in [1.29, 1.82) is 0 Å². The summed E-state index contributed by atoms with van der Waals surface area (Å²) in [5.41, 5.74) is 1.41. The van der Waals surface area contributed by atoms with Crippen molar-refractivity contribution in [3.63, 3.8) is 0 Å². The van der Waals surface area contributed by atoms with Crippen LogP contribution in [0.5, 0.6) is 0 Å². The summed E-state index contributed by atoms with van der Waals surface area (Å²) >= 11 is 0. The molecule has 1 N–H and O–H groups in total. The van der Waals surface area contributed by atoms with Crippen molar-refractivity contribution in [1.82, 2.24) is 14.8 Å². The molecule has 1 aromatic rings. The van der Waals surface area contributed by atoms with Crippen LogP contribution in [0, 0.1) is 0 Å². The van der Waals surface area contributed by atoms with E-state index in [1.807, 2.05) is 0 Å². The monoisotopic (exact) mass is 249 g/mol. The van der Waals surface area contributed by atoms with Crippen LogP contribution in [0.3, 0.4) is 0 Å². The highest BCUT2D eigenvalue weighted by Crippen LogP contribution is 2.08. The Bertz CT molecular complexity index is 339. The van der Waals surface area contributed by atoms with Gasteiger partial charge in [-0.1, -0.05) is 6.92 Å². The Morgan fingerprint density at radius 2 is 2.11 bits per heavy atom. The molecule has 0 aliphatic carbocycles. The average Bonchev–Trinajstić information content (AvgIpc) is 2.99. The summed E-state index contributed by atoms with van der Waals surface area (Å²) in [6.45, 7) is 10.4. The van der Waals surface area contributed by atoms with E-state index in [1.165, 1.54) is 44.6 Å². The molecule has 1 saturated heterocycles. The lowest BCUT2D eigenvalue weighted by molar-refractivity contribution is 0.297. The lowest BCUT2D eigenvalue weighted by Crippen LogP contribution is -2.37. The molecular weight excluding hydrogens is 222 g/mol. The van der Waals surface area contributed by atoms with Crippen LogP contribution in [0.25, 0.3) is 0 Å². The van der Waals surface area contributed by atoms with E-state index >= 15 is 0 Å². The number of nitrogens with one attached hydrogen (secondary N) is 1. The molecule has 0 aromatic carbocycles. The van der Waals surface area contributed by atoms with Crippen LogP contribution in [0.4, 0.5) is 0 Å². The molecule has 1 aliphatic heterocycles. The third kappa shape index (κ3) is 3.85. The molecule has 2 rings (SSSR count). The Balaban J connectivity index is 1.74. The predicted octanol–water partition coefficient (Wildman–Crippen LogP) is 2.47. The van der Waals surface area contributed by atoms with Crippen LogP contribution in [-0.4, -0.2) is 35.1 Å². The highest BCUT2D eigenvalue weighted by Gasteiger charge is 2.14. The van der Waals surface area contributed by atoms with Crippen molar-refractivity contribution >= 4 is 0 Å². The smallest absolute Gasteiger partial charge is 0.0362 e. The van der Waals surface area contributed by atoms with Crippen LogP contribution in [0.15, 0.2) is 18.3 Å². The molecule has 3 nitrogen and oxygen atoms in total. The lowest BCUT2D eigenvalue weighted by Gasteiger charge is -2.21. The van der Waals surface area contributed by atoms with Gasteiger partial charge in [0, 0.05) is 37.6 Å². The van der Waals surface area contributed by atoms with Gasteiger partial charge in [0.25, 0.3) is 0 Å². The van der Waals surface area contributed by atoms with Gasteiger partial charge in [0.05, 0.1) is 0 Å². The zero-order valence-corrected chi connectivity index (χ0v) is 11.9. The molecule has 0 amide bonds. The largest absolute Gasteiger partial charge is 0.350 e. The fourth-order valence-corrected chi connectivity index (χ4v) is 2.76. The zero-order valence-electron chi connectivity index (χ0n) is 11.9. The van der Waals surface area contributed by atoms with Crippen LogP contribution in [0.2, 0.25) is 0 Å². The van der Waals surface area contributed by atoms with E-state index in [4.69, 9.17) is 0 Å². The molecule has 102 valence electrons. The number of aromatic nitrogens is 1. The Kier molecular flexibility index (Phi) is 5.26. The number of hydrogen-bond acceptors (Lipinski definition) is 2. The third-order valence-electron chi connectivity index (χ3n) is 3.75. The first-order chi connectivity index (χ1) is 8.79. The minimum absolute atomic E-state index is 0.577. The summed E-state index contributed by atoms with van der Waals surface area (Å²) in [5.74, 6) is 0. The highest BCUT2D eigenvalue weighted by atomic mass is 15.2. The van der Waals surface area contributed by atoms with Crippen LogP contribution < -0.4 is 5.32 Å². The van der Waals surface area contributed by atoms with Crippen molar-refractivity contribution in [2.75, 3.05) is 19.6 Å². The van der Waals surface area contributed by atoms with Crippen molar-refractivity contribution in [3.05, 3.63) is 24.0 Å². The SMILES string of the molecule is CCCn1cccc1CNC(C)CN1CCCC1. The van der Waals surface area contributed by atoms with Gasteiger partial charge in [0.2, 0.25) is 0 Å². The topological polar surface area (TPSA) is 20.2 Å². The fraction of sp³-hybridized carbons (Fsp3) is 0.733. The fourth-order valence-electron chi connectivity index (χ4n) is 2.76. The Morgan fingerprint density at radius 1 is 1.33 bits per heavy atom. The van der Waals surface area contributed by atoms with E-state index in [0.717, 1.165) is 13.1 Å². The molecule has 1 atom stereocenters. The molecule has 1 aliphatic rings. The maximum absolute atomic E-state index is 3.65. The second kappa shape index (κ2) is 6.95. The van der Waals surface area contributed by atoms with E-state index in [2.05, 4.69) is 47.0 Å². The van der Waals surface area contributed by atoms with E-state index in [1.54, 1.807) is 0 Å². The third-order valence-corrected chi connectivity index (χ3v) is 3.75. The number of hydrogen-bond donors (Lipinski definition) is 1. The molecular formula is C15H27N3. The highest BCUT2D eigenvalue weighted by molar-refractivity contribution is 5.07. The maximum atomic E-state index is 3.65. The maximum Gasteiger partial charge on any atom is 0.0362 e. The van der Waals surface area contributed by atoms with E-state index in [0.29, 0.717) is 6.04 Å². The molecule has 2 heterocycles. The summed E-state index contributed by atoms with van der Waals surface area (Å²) in [6, 6.07) is 4.95. The van der Waals surface area contributed by atoms with Gasteiger partial charge in [-0.3, -0.25) is 0 Å². The summed E-state index contributed by atoms with van der Waals surface area (Å²) in [7, 11) is 0. The predicted molar refractivity (Wildman–Crippen MR) is 76.7 cm³/mol. The summed E-state index contributed by atoms with van der Waals surface area (Å²) in [5, 5.41) is 3.65. The number of nitrogens with zero attached hydrogens (tertiary/aromatic N) is 2. The van der Waals surface area contributed by atoms with Gasteiger partial charge >= 0.3 is 0 Å². The molecule has 0 bridgehead atoms. The van der Waals surface area contributed by atoms with Gasteiger partial charge in [-0.2, -0.15) is 0 Å². The zero-order chi connectivity index (χ0) is 12.8. The summed E-state index contributed by atoms with van der Waals surface area (Å²) in [6.07, 6.45) is 6.15. The minimum Gasteiger partial charge on any atom is -0.350 e. The van der Waals surface area contributed by atoms with Gasteiger partial charge in [0.15, 0.2) is 0 Å². The number of rotatable bonds is 7. The molecule has 0 saturated carbocycles. The van der Waals surface area contributed by atoms with Crippen molar-refractivity contribution in [3.8, 4) is 0 Å². The molecule has 1 aromatic heterocycles. The first-order valence-corrected chi connectivity index (χ1v) is 7.39. The second-order valence-corrected chi connectivity index (χ2v) is 5.48. The molecule has 3 heteroatoms. The minimum atomic E-state index is 0.577. The first-order valence-electron chi connectivity index (χ1n) is 7.39. The van der Waals surface area contributed by atoms with Gasteiger partial charge in [0.1, 0.15) is 0 Å². The Morgan fingerprint density at radius 3 is 2.83 bits per heavy atom. The van der Waals surface area contributed by atoms with Crippen LogP contribution in [-0.2, 0) is 13.1 Å². The van der Waals surface area contributed by atoms with E-state index in [9.17, 15) is 0 Å². The van der Waals surface area contributed by atoms with Gasteiger partial charge < -0.3 is 14.8 Å². The standard InChI is InChI=1S/C15H27N3/c1-3-8-18-11-6-7-15(18)12-16-14(2)13-17-9-4-5-10-17/h6-7,11,14,16H,3-5,8-10,12-13H2,1-2H3. The Labute approximate surface area is 111 Å². The number of likely N-dealkylation sites (tertiary alicyclic amines) is 1. The average molecular weight is 249 g/mol. The van der Waals surface area contributed by atoms with Gasteiger partial charge in [-0.25, -0.2) is 0 Å². The van der Waals surface area contributed by atoms with Crippen LogP contribution in [0.1, 0.15) is 38.8 Å². The van der Waals surface area contributed by atoms with E-state index < -0.39 is 0 Å². The molecule has 1 fully saturated rings. The summed E-state index contributed by atoms with van der Waals surface area (Å²) in [4.78, 5) is 2.57. The number of aryl methyl sites for hydroxylation is 1.